The van der Waals surface area contributed by atoms with Gasteiger partial charge in [-0.1, -0.05) is 74.0 Å². The quantitative estimate of drug-likeness (QED) is 0.534. The van der Waals surface area contributed by atoms with Crippen molar-refractivity contribution in [3.05, 3.63) is 77.4 Å². The van der Waals surface area contributed by atoms with Crippen molar-refractivity contribution in [2.24, 2.45) is 0 Å². The number of hydrogen-bond donors (Lipinski definition) is 0. The normalized spacial score (nSPS) is 10.8. The van der Waals surface area contributed by atoms with E-state index in [9.17, 15) is 4.79 Å². The van der Waals surface area contributed by atoms with E-state index in [4.69, 9.17) is 0 Å². The van der Waals surface area contributed by atoms with Gasteiger partial charge in [-0.2, -0.15) is 0 Å². The third-order valence-corrected chi connectivity index (χ3v) is 3.28. The fraction of sp³-hybridized carbons (Fsp3) is 0.211. The van der Waals surface area contributed by atoms with E-state index in [1.165, 1.54) is 18.4 Å². The van der Waals surface area contributed by atoms with Crippen LogP contribution < -0.4 is 0 Å². The lowest BCUT2D eigenvalue weighted by Crippen LogP contribution is -1.94. The first-order valence-electron chi connectivity index (χ1n) is 7.16. The molecule has 0 fully saturated rings. The summed E-state index contributed by atoms with van der Waals surface area (Å²) in [6.07, 6.45) is 6.97. The summed E-state index contributed by atoms with van der Waals surface area (Å²) in [5, 5.41) is 0. The zero-order chi connectivity index (χ0) is 14.2. The molecule has 0 aromatic heterocycles. The third kappa shape index (κ3) is 4.20. The maximum absolute atomic E-state index is 12.1. The molecule has 0 radical (unpaired) electrons. The van der Waals surface area contributed by atoms with Crippen LogP contribution in [0.3, 0.4) is 0 Å². The van der Waals surface area contributed by atoms with E-state index in [0.717, 1.165) is 17.5 Å². The van der Waals surface area contributed by atoms with Crippen molar-refractivity contribution in [2.45, 2.75) is 26.2 Å². The van der Waals surface area contributed by atoms with Crippen LogP contribution in [0, 0.1) is 0 Å². The second-order valence-corrected chi connectivity index (χ2v) is 4.91. The van der Waals surface area contributed by atoms with Crippen molar-refractivity contribution in [2.75, 3.05) is 0 Å². The molecule has 0 unspecified atom stereocenters. The Morgan fingerprint density at radius 2 is 1.70 bits per heavy atom. The Bertz CT molecular complexity index is 564. The Morgan fingerprint density at radius 1 is 1.00 bits per heavy atom. The Kier molecular flexibility index (Phi) is 5.31. The lowest BCUT2D eigenvalue weighted by atomic mass is 10.0. The molecule has 2 aromatic rings. The predicted molar refractivity (Wildman–Crippen MR) is 84.9 cm³/mol. The van der Waals surface area contributed by atoms with Gasteiger partial charge >= 0.3 is 0 Å². The summed E-state index contributed by atoms with van der Waals surface area (Å²) in [5.74, 6) is 0.0518. The summed E-state index contributed by atoms with van der Waals surface area (Å²) in [5.41, 5.74) is 3.09. The van der Waals surface area contributed by atoms with Gasteiger partial charge in [-0.05, 0) is 30.0 Å². The highest BCUT2D eigenvalue weighted by molar-refractivity contribution is 6.06. The van der Waals surface area contributed by atoms with Gasteiger partial charge in [-0.25, -0.2) is 0 Å². The summed E-state index contributed by atoms with van der Waals surface area (Å²) < 4.78 is 0. The molecule has 0 aliphatic carbocycles. The zero-order valence-electron chi connectivity index (χ0n) is 11.9. The smallest absolute Gasteiger partial charge is 0.185 e. The van der Waals surface area contributed by atoms with Crippen molar-refractivity contribution < 1.29 is 4.79 Å². The van der Waals surface area contributed by atoms with Crippen molar-refractivity contribution >= 4 is 11.9 Å². The summed E-state index contributed by atoms with van der Waals surface area (Å²) >= 11 is 0. The Labute approximate surface area is 121 Å². The van der Waals surface area contributed by atoms with E-state index >= 15 is 0 Å². The Hall–Kier alpha value is -2.15. The molecular formula is C19H20O. The van der Waals surface area contributed by atoms with Crippen LogP contribution in [-0.4, -0.2) is 5.78 Å². The molecule has 0 saturated heterocycles. The molecular weight excluding hydrogens is 244 g/mol. The minimum atomic E-state index is 0.0518. The largest absolute Gasteiger partial charge is 0.289 e. The lowest BCUT2D eigenvalue weighted by Gasteiger charge is -2.01. The van der Waals surface area contributed by atoms with Crippen LogP contribution in [0.15, 0.2) is 60.7 Å². The van der Waals surface area contributed by atoms with E-state index in [0.29, 0.717) is 0 Å². The van der Waals surface area contributed by atoms with Gasteiger partial charge in [0.25, 0.3) is 0 Å². The van der Waals surface area contributed by atoms with E-state index in [1.54, 1.807) is 6.08 Å². The van der Waals surface area contributed by atoms with Crippen molar-refractivity contribution in [3.63, 3.8) is 0 Å². The standard InChI is InChI=1S/C19H20O/c1-2-3-7-17-10-13-18(14-11-17)19(20)15-12-16-8-5-4-6-9-16/h4-6,8-15H,2-3,7H2,1H3. The lowest BCUT2D eigenvalue weighted by molar-refractivity contribution is 0.104. The van der Waals surface area contributed by atoms with E-state index in [2.05, 4.69) is 19.1 Å². The predicted octanol–water partition coefficient (Wildman–Crippen LogP) is 4.93. The van der Waals surface area contributed by atoms with Crippen LogP contribution >= 0.6 is 0 Å². The van der Waals surface area contributed by atoms with Gasteiger partial charge in [0, 0.05) is 5.56 Å². The molecule has 102 valence electrons. The molecule has 0 heterocycles. The molecule has 0 N–H and O–H groups in total. The molecule has 2 rings (SSSR count). The number of unbranched alkanes of at least 4 members (excludes halogenated alkanes) is 1. The third-order valence-electron chi connectivity index (χ3n) is 3.28. The van der Waals surface area contributed by atoms with Crippen LogP contribution in [0.5, 0.6) is 0 Å². The number of allylic oxidation sites excluding steroid dienone is 1. The number of aryl methyl sites for hydroxylation is 1. The Morgan fingerprint density at radius 3 is 2.35 bits per heavy atom. The molecule has 0 amide bonds. The molecule has 2 aromatic carbocycles. The number of rotatable bonds is 6. The maximum Gasteiger partial charge on any atom is 0.185 e. The first kappa shape index (κ1) is 14.3. The van der Waals surface area contributed by atoms with Crippen LogP contribution in [0.1, 0.15) is 41.3 Å². The first-order chi connectivity index (χ1) is 9.79. The molecule has 0 spiro atoms. The highest BCUT2D eigenvalue weighted by Gasteiger charge is 2.01. The van der Waals surface area contributed by atoms with Gasteiger partial charge in [0.15, 0.2) is 5.78 Å². The van der Waals surface area contributed by atoms with E-state index < -0.39 is 0 Å². The van der Waals surface area contributed by atoms with Gasteiger partial charge in [0.2, 0.25) is 0 Å². The van der Waals surface area contributed by atoms with Gasteiger partial charge in [0.1, 0.15) is 0 Å². The van der Waals surface area contributed by atoms with E-state index in [1.807, 2.05) is 48.5 Å². The molecule has 0 saturated carbocycles. The zero-order valence-corrected chi connectivity index (χ0v) is 11.9. The van der Waals surface area contributed by atoms with Crippen LogP contribution in [-0.2, 0) is 6.42 Å². The van der Waals surface area contributed by atoms with Crippen LogP contribution in [0.2, 0.25) is 0 Å². The number of carbonyl (C=O) groups is 1. The maximum atomic E-state index is 12.1. The SMILES string of the molecule is CCCCc1ccc(C(=O)C=Cc2ccccc2)cc1. The van der Waals surface area contributed by atoms with E-state index in [-0.39, 0.29) is 5.78 Å². The fourth-order valence-corrected chi connectivity index (χ4v) is 2.05. The summed E-state index contributed by atoms with van der Waals surface area (Å²) in [6.45, 7) is 2.19. The number of ketones is 1. The number of carbonyl (C=O) groups excluding carboxylic acids is 1. The number of benzene rings is 2. The average molecular weight is 264 g/mol. The second-order valence-electron chi connectivity index (χ2n) is 4.91. The molecule has 1 heteroatoms. The van der Waals surface area contributed by atoms with Crippen molar-refractivity contribution in [3.8, 4) is 0 Å². The van der Waals surface area contributed by atoms with Gasteiger partial charge in [0.05, 0.1) is 0 Å². The first-order valence-corrected chi connectivity index (χ1v) is 7.16. The monoisotopic (exact) mass is 264 g/mol. The van der Waals surface area contributed by atoms with Crippen molar-refractivity contribution in [1.82, 2.24) is 0 Å². The van der Waals surface area contributed by atoms with Crippen LogP contribution in [0.4, 0.5) is 0 Å². The summed E-state index contributed by atoms with van der Waals surface area (Å²) in [7, 11) is 0. The molecule has 0 atom stereocenters. The summed E-state index contributed by atoms with van der Waals surface area (Å²) in [4.78, 5) is 12.1. The molecule has 1 nitrogen and oxygen atoms in total. The minimum Gasteiger partial charge on any atom is -0.289 e. The van der Waals surface area contributed by atoms with Gasteiger partial charge in [-0.15, -0.1) is 0 Å². The minimum absolute atomic E-state index is 0.0518. The Balaban J connectivity index is 2.00. The van der Waals surface area contributed by atoms with Gasteiger partial charge < -0.3 is 0 Å². The highest BCUT2D eigenvalue weighted by Crippen LogP contribution is 2.10. The molecule has 20 heavy (non-hydrogen) atoms. The second kappa shape index (κ2) is 7.44. The molecule has 0 aliphatic rings. The highest BCUT2D eigenvalue weighted by atomic mass is 16.1. The average Bonchev–Trinajstić information content (AvgIpc) is 2.52. The molecule has 0 aliphatic heterocycles. The van der Waals surface area contributed by atoms with Crippen LogP contribution in [0.25, 0.3) is 6.08 Å². The topological polar surface area (TPSA) is 17.1 Å². The number of hydrogen-bond acceptors (Lipinski definition) is 1. The van der Waals surface area contributed by atoms with Crippen molar-refractivity contribution in [1.29, 1.82) is 0 Å². The van der Waals surface area contributed by atoms with Gasteiger partial charge in [-0.3, -0.25) is 4.79 Å². The fourth-order valence-electron chi connectivity index (χ4n) is 2.05. The molecule has 0 bridgehead atoms. The summed E-state index contributed by atoms with van der Waals surface area (Å²) in [6, 6.07) is 17.8.